The molecule has 7 heteroatoms. The lowest BCUT2D eigenvalue weighted by Gasteiger charge is -2.09. The molecule has 15 heavy (non-hydrogen) atoms. The minimum atomic E-state index is -3.96. The molecular formula is C8H10N2O4S. The summed E-state index contributed by atoms with van der Waals surface area (Å²) in [6.45, 7) is 1.57. The average molecular weight is 230 g/mol. The van der Waals surface area contributed by atoms with Crippen molar-refractivity contribution in [3.8, 4) is 0 Å². The lowest BCUT2D eigenvalue weighted by molar-refractivity contribution is 0.0697. The molecule has 0 spiro atoms. The molecule has 0 aliphatic rings. The summed E-state index contributed by atoms with van der Waals surface area (Å²) < 4.78 is 23.5. The van der Waals surface area contributed by atoms with Crippen LogP contribution in [-0.2, 0) is 10.2 Å². The third-order valence-electron chi connectivity index (χ3n) is 1.74. The van der Waals surface area contributed by atoms with Crippen molar-refractivity contribution in [1.29, 1.82) is 0 Å². The van der Waals surface area contributed by atoms with Crippen LogP contribution in [0.4, 0.5) is 5.69 Å². The summed E-state index contributed by atoms with van der Waals surface area (Å²) in [5, 5.41) is 13.6. The summed E-state index contributed by atoms with van der Waals surface area (Å²) in [6.07, 6.45) is 0. The molecule has 1 rings (SSSR count). The van der Waals surface area contributed by atoms with Gasteiger partial charge >= 0.3 is 5.97 Å². The fourth-order valence-electron chi connectivity index (χ4n) is 1.19. The number of hydrogen-bond acceptors (Lipinski definition) is 3. The Morgan fingerprint density at radius 1 is 1.47 bits per heavy atom. The third kappa shape index (κ3) is 2.93. The molecule has 0 amide bonds. The maximum absolute atomic E-state index is 10.9. The fourth-order valence-corrected chi connectivity index (χ4v) is 1.67. The topological polar surface area (TPSA) is 109 Å². The monoisotopic (exact) mass is 230 g/mol. The standard InChI is InChI=1S/C8H10N2O4S/c1-5-3-2-4-6(7(5)8(11)12)10-15(9,13)14/h2-4,10H,1H3,(H,11,12)(H2,9,13,14). The third-order valence-corrected chi connectivity index (χ3v) is 2.24. The van der Waals surface area contributed by atoms with E-state index in [0.29, 0.717) is 5.56 Å². The molecule has 6 nitrogen and oxygen atoms in total. The van der Waals surface area contributed by atoms with Gasteiger partial charge in [0.25, 0.3) is 10.2 Å². The highest BCUT2D eigenvalue weighted by atomic mass is 32.2. The molecule has 0 aromatic heterocycles. The molecule has 0 saturated carbocycles. The average Bonchev–Trinajstić information content (AvgIpc) is 1.99. The van der Waals surface area contributed by atoms with Gasteiger partial charge in [0.1, 0.15) is 0 Å². The number of nitrogens with two attached hydrogens (primary N) is 1. The van der Waals surface area contributed by atoms with Crippen LogP contribution in [0.1, 0.15) is 15.9 Å². The van der Waals surface area contributed by atoms with E-state index < -0.39 is 16.2 Å². The van der Waals surface area contributed by atoms with E-state index >= 15 is 0 Å². The largest absolute Gasteiger partial charge is 0.478 e. The molecule has 1 aromatic carbocycles. The molecular weight excluding hydrogens is 220 g/mol. The van der Waals surface area contributed by atoms with E-state index in [0.717, 1.165) is 0 Å². The second-order valence-corrected chi connectivity index (χ2v) is 4.24. The number of carbonyl (C=O) groups is 1. The molecule has 0 aliphatic heterocycles. The van der Waals surface area contributed by atoms with Crippen molar-refractivity contribution in [2.45, 2.75) is 6.92 Å². The smallest absolute Gasteiger partial charge is 0.338 e. The van der Waals surface area contributed by atoms with Crippen molar-refractivity contribution in [3.63, 3.8) is 0 Å². The number of carboxylic acids is 1. The minimum absolute atomic E-state index is 0.0370. The molecule has 0 heterocycles. The molecule has 1 aromatic rings. The van der Waals surface area contributed by atoms with E-state index in [-0.39, 0.29) is 11.3 Å². The van der Waals surface area contributed by atoms with Gasteiger partial charge in [0.05, 0.1) is 11.3 Å². The first-order chi connectivity index (χ1) is 6.81. The number of rotatable bonds is 3. The zero-order valence-electron chi connectivity index (χ0n) is 7.89. The van der Waals surface area contributed by atoms with Crippen molar-refractivity contribution in [2.24, 2.45) is 5.14 Å². The van der Waals surface area contributed by atoms with Gasteiger partial charge in [-0.2, -0.15) is 8.42 Å². The van der Waals surface area contributed by atoms with Gasteiger partial charge in [0, 0.05) is 0 Å². The number of aromatic carboxylic acids is 1. The number of anilines is 1. The lowest BCUT2D eigenvalue weighted by Crippen LogP contribution is -2.23. The second-order valence-electron chi connectivity index (χ2n) is 2.95. The lowest BCUT2D eigenvalue weighted by atomic mass is 10.1. The van der Waals surface area contributed by atoms with E-state index in [4.69, 9.17) is 10.2 Å². The van der Waals surface area contributed by atoms with Crippen LogP contribution in [0.15, 0.2) is 18.2 Å². The maximum atomic E-state index is 10.9. The van der Waals surface area contributed by atoms with E-state index in [1.165, 1.54) is 12.1 Å². The highest BCUT2D eigenvalue weighted by Gasteiger charge is 2.15. The van der Waals surface area contributed by atoms with Gasteiger partial charge in [-0.15, -0.1) is 0 Å². The summed E-state index contributed by atoms with van der Waals surface area (Å²) in [4.78, 5) is 10.9. The maximum Gasteiger partial charge on any atom is 0.338 e. The summed E-state index contributed by atoms with van der Waals surface area (Å²) in [5.41, 5.74) is 0.313. The zero-order valence-corrected chi connectivity index (χ0v) is 8.71. The fraction of sp³-hybridized carbons (Fsp3) is 0.125. The van der Waals surface area contributed by atoms with Crippen LogP contribution in [0.5, 0.6) is 0 Å². The first-order valence-corrected chi connectivity index (χ1v) is 5.49. The zero-order chi connectivity index (χ0) is 11.6. The second kappa shape index (κ2) is 3.87. The number of benzene rings is 1. The SMILES string of the molecule is Cc1cccc(NS(N)(=O)=O)c1C(=O)O. The van der Waals surface area contributed by atoms with Crippen LogP contribution in [0, 0.1) is 6.92 Å². The Labute approximate surface area is 86.9 Å². The highest BCUT2D eigenvalue weighted by molar-refractivity contribution is 7.90. The Bertz CT molecular complexity index is 495. The normalized spacial score (nSPS) is 11.1. The molecule has 0 atom stereocenters. The van der Waals surface area contributed by atoms with Crippen LogP contribution in [0.2, 0.25) is 0 Å². The Hall–Kier alpha value is -1.60. The predicted molar refractivity (Wildman–Crippen MR) is 54.9 cm³/mol. The van der Waals surface area contributed by atoms with Crippen LogP contribution < -0.4 is 9.86 Å². The molecule has 0 unspecified atom stereocenters. The summed E-state index contributed by atoms with van der Waals surface area (Å²) in [7, 11) is -3.96. The van der Waals surface area contributed by atoms with Crippen LogP contribution >= 0.6 is 0 Å². The molecule has 0 saturated heterocycles. The van der Waals surface area contributed by atoms with Crippen molar-refractivity contribution < 1.29 is 18.3 Å². The van der Waals surface area contributed by atoms with Gasteiger partial charge < -0.3 is 5.11 Å². The first-order valence-electron chi connectivity index (χ1n) is 3.94. The molecule has 0 radical (unpaired) electrons. The number of aryl methyl sites for hydroxylation is 1. The summed E-state index contributed by atoms with van der Waals surface area (Å²) in [5.74, 6) is -1.21. The van der Waals surface area contributed by atoms with Crippen molar-refractivity contribution in [1.82, 2.24) is 0 Å². The Morgan fingerprint density at radius 3 is 2.53 bits per heavy atom. The van der Waals surface area contributed by atoms with Gasteiger partial charge in [-0.3, -0.25) is 4.72 Å². The van der Waals surface area contributed by atoms with Crippen LogP contribution in [0.3, 0.4) is 0 Å². The van der Waals surface area contributed by atoms with E-state index in [2.05, 4.69) is 0 Å². The molecule has 0 aliphatic carbocycles. The predicted octanol–water partition coefficient (Wildman–Crippen LogP) is 0.309. The quantitative estimate of drug-likeness (QED) is 0.694. The van der Waals surface area contributed by atoms with Crippen molar-refractivity contribution in [2.75, 3.05) is 4.72 Å². The van der Waals surface area contributed by atoms with Crippen molar-refractivity contribution >= 4 is 21.9 Å². The Balaban J connectivity index is 3.30. The van der Waals surface area contributed by atoms with Gasteiger partial charge in [-0.1, -0.05) is 12.1 Å². The van der Waals surface area contributed by atoms with Crippen LogP contribution in [0.25, 0.3) is 0 Å². The number of nitrogens with one attached hydrogen (secondary N) is 1. The van der Waals surface area contributed by atoms with Crippen molar-refractivity contribution in [3.05, 3.63) is 29.3 Å². The highest BCUT2D eigenvalue weighted by Crippen LogP contribution is 2.19. The molecule has 0 fully saturated rings. The van der Waals surface area contributed by atoms with Gasteiger partial charge in [-0.25, -0.2) is 9.93 Å². The minimum Gasteiger partial charge on any atom is -0.478 e. The van der Waals surface area contributed by atoms with E-state index in [9.17, 15) is 13.2 Å². The van der Waals surface area contributed by atoms with Gasteiger partial charge in [-0.05, 0) is 18.6 Å². The summed E-state index contributed by atoms with van der Waals surface area (Å²) in [6, 6.07) is 4.44. The number of carboxylic acid groups (broad SMARTS) is 1. The van der Waals surface area contributed by atoms with E-state index in [1.807, 2.05) is 4.72 Å². The molecule has 82 valence electrons. The number of hydrogen-bond donors (Lipinski definition) is 3. The summed E-state index contributed by atoms with van der Waals surface area (Å²) >= 11 is 0. The van der Waals surface area contributed by atoms with Gasteiger partial charge in [0.15, 0.2) is 0 Å². The Kier molecular flexibility index (Phi) is 2.96. The van der Waals surface area contributed by atoms with E-state index in [1.54, 1.807) is 13.0 Å². The first kappa shape index (κ1) is 11.5. The van der Waals surface area contributed by atoms with Crippen LogP contribution in [-0.4, -0.2) is 19.5 Å². The Morgan fingerprint density at radius 2 is 2.07 bits per heavy atom. The molecule has 0 bridgehead atoms. The molecule has 4 N–H and O–H groups in total. The van der Waals surface area contributed by atoms with Gasteiger partial charge in [0.2, 0.25) is 0 Å².